The maximum absolute atomic E-state index is 6.13. The summed E-state index contributed by atoms with van der Waals surface area (Å²) >= 11 is 0. The Labute approximate surface area is 114 Å². The molecule has 0 saturated carbocycles. The summed E-state index contributed by atoms with van der Waals surface area (Å²) in [6, 6.07) is 6.69. The second-order valence-electron chi connectivity index (χ2n) is 5.48. The molecule has 19 heavy (non-hydrogen) atoms. The molecular formula is C15H22N2O2. The van der Waals surface area contributed by atoms with E-state index in [-0.39, 0.29) is 0 Å². The van der Waals surface area contributed by atoms with E-state index in [0.29, 0.717) is 18.2 Å². The van der Waals surface area contributed by atoms with Crippen molar-refractivity contribution in [3.8, 4) is 0 Å². The Bertz CT molecular complexity index is 398. The molecule has 0 spiro atoms. The number of methoxy groups -OCH3 is 1. The largest absolute Gasteiger partial charge is 0.382 e. The zero-order valence-corrected chi connectivity index (χ0v) is 11.5. The minimum Gasteiger partial charge on any atom is -0.382 e. The van der Waals surface area contributed by atoms with Crippen molar-refractivity contribution >= 4 is 0 Å². The first kappa shape index (κ1) is 13.0. The van der Waals surface area contributed by atoms with Crippen LogP contribution in [0.1, 0.15) is 25.0 Å². The van der Waals surface area contributed by atoms with E-state index in [4.69, 9.17) is 9.47 Å². The lowest BCUT2D eigenvalue weighted by atomic mass is 9.99. The number of hydrogen-bond donors (Lipinski definition) is 0. The Morgan fingerprint density at radius 2 is 2.32 bits per heavy atom. The predicted octanol–water partition coefficient (Wildman–Crippen LogP) is 1.85. The zero-order valence-electron chi connectivity index (χ0n) is 11.5. The molecule has 1 aromatic rings. The van der Waals surface area contributed by atoms with Crippen molar-refractivity contribution in [1.29, 1.82) is 0 Å². The van der Waals surface area contributed by atoms with Gasteiger partial charge in [-0.25, -0.2) is 0 Å². The Hall–Kier alpha value is -0.970. The Kier molecular flexibility index (Phi) is 4.11. The van der Waals surface area contributed by atoms with Gasteiger partial charge in [0, 0.05) is 32.4 Å². The van der Waals surface area contributed by atoms with Crippen LogP contribution in [0, 0.1) is 0 Å². The monoisotopic (exact) mass is 262 g/mol. The Morgan fingerprint density at radius 1 is 1.37 bits per heavy atom. The van der Waals surface area contributed by atoms with E-state index in [2.05, 4.69) is 22.0 Å². The highest BCUT2D eigenvalue weighted by molar-refractivity contribution is 5.05. The quantitative estimate of drug-likeness (QED) is 0.829. The van der Waals surface area contributed by atoms with E-state index in [1.807, 2.05) is 12.3 Å². The van der Waals surface area contributed by atoms with Crippen molar-refractivity contribution < 1.29 is 9.47 Å². The van der Waals surface area contributed by atoms with Crippen molar-refractivity contribution in [2.45, 2.75) is 44.1 Å². The normalized spacial score (nSPS) is 31.3. The summed E-state index contributed by atoms with van der Waals surface area (Å²) in [5.41, 5.74) is 1.15. The molecule has 0 radical (unpaired) electrons. The van der Waals surface area contributed by atoms with E-state index < -0.39 is 0 Å². The van der Waals surface area contributed by atoms with E-state index in [1.54, 1.807) is 7.11 Å². The number of fused-ring (bicyclic) bond motifs is 1. The fourth-order valence-corrected chi connectivity index (χ4v) is 3.29. The van der Waals surface area contributed by atoms with Gasteiger partial charge in [-0.3, -0.25) is 9.88 Å². The number of pyridine rings is 1. The third-order valence-corrected chi connectivity index (χ3v) is 4.19. The first-order chi connectivity index (χ1) is 9.36. The first-order valence-electron chi connectivity index (χ1n) is 7.15. The summed E-state index contributed by atoms with van der Waals surface area (Å²) in [5.74, 6) is 0. The van der Waals surface area contributed by atoms with E-state index in [1.165, 1.54) is 6.42 Å². The molecular weight excluding hydrogens is 240 g/mol. The average molecular weight is 262 g/mol. The van der Waals surface area contributed by atoms with Gasteiger partial charge in [-0.2, -0.15) is 0 Å². The molecule has 4 heteroatoms. The van der Waals surface area contributed by atoms with Crippen LogP contribution in [-0.2, 0) is 16.0 Å². The van der Waals surface area contributed by atoms with Crippen molar-refractivity contribution in [1.82, 2.24) is 9.88 Å². The topological polar surface area (TPSA) is 34.6 Å². The second kappa shape index (κ2) is 5.99. The van der Waals surface area contributed by atoms with Gasteiger partial charge in [0.1, 0.15) is 0 Å². The summed E-state index contributed by atoms with van der Waals surface area (Å²) in [7, 11) is 1.75. The summed E-state index contributed by atoms with van der Waals surface area (Å²) in [4.78, 5) is 6.95. The minimum absolute atomic E-state index is 0.293. The standard InChI is InChI=1S/C15H22N2O2/c1-18-11-13-5-6-14-15(19-13)7-9-17(14)10-12-4-2-3-8-16-12/h2-4,8,13-15H,5-7,9-11H2,1H3/t13-,14-,15-/m1/s1. The SMILES string of the molecule is COC[C@H]1CC[C@@H]2[C@@H](CCN2Cc2ccccn2)O1. The molecule has 0 amide bonds. The Balaban J connectivity index is 1.59. The van der Waals surface area contributed by atoms with Crippen LogP contribution in [0.5, 0.6) is 0 Å². The molecule has 0 aliphatic carbocycles. The van der Waals surface area contributed by atoms with Gasteiger partial charge in [0.25, 0.3) is 0 Å². The highest BCUT2D eigenvalue weighted by atomic mass is 16.5. The van der Waals surface area contributed by atoms with Crippen LogP contribution in [0.15, 0.2) is 24.4 Å². The molecule has 2 fully saturated rings. The maximum atomic E-state index is 6.13. The van der Waals surface area contributed by atoms with Crippen LogP contribution >= 0.6 is 0 Å². The molecule has 2 saturated heterocycles. The fraction of sp³-hybridized carbons (Fsp3) is 0.667. The van der Waals surface area contributed by atoms with Crippen molar-refractivity contribution in [2.75, 3.05) is 20.3 Å². The van der Waals surface area contributed by atoms with Gasteiger partial charge in [-0.1, -0.05) is 6.07 Å². The van der Waals surface area contributed by atoms with E-state index in [0.717, 1.165) is 38.2 Å². The van der Waals surface area contributed by atoms with Gasteiger partial charge < -0.3 is 9.47 Å². The van der Waals surface area contributed by atoms with Gasteiger partial charge in [0.2, 0.25) is 0 Å². The number of aromatic nitrogens is 1. The molecule has 3 heterocycles. The molecule has 0 aromatic carbocycles. The summed E-state index contributed by atoms with van der Waals surface area (Å²) in [6.07, 6.45) is 6.00. The lowest BCUT2D eigenvalue weighted by Gasteiger charge is -2.35. The van der Waals surface area contributed by atoms with Gasteiger partial charge in [-0.05, 0) is 31.4 Å². The predicted molar refractivity (Wildman–Crippen MR) is 72.8 cm³/mol. The Morgan fingerprint density at radius 3 is 3.11 bits per heavy atom. The minimum atomic E-state index is 0.293. The molecule has 0 bridgehead atoms. The maximum Gasteiger partial charge on any atom is 0.0813 e. The third-order valence-electron chi connectivity index (χ3n) is 4.19. The van der Waals surface area contributed by atoms with Crippen molar-refractivity contribution in [2.24, 2.45) is 0 Å². The number of ether oxygens (including phenoxy) is 2. The summed E-state index contributed by atoms with van der Waals surface area (Å²) < 4.78 is 11.3. The lowest BCUT2D eigenvalue weighted by molar-refractivity contribution is -0.0939. The smallest absolute Gasteiger partial charge is 0.0813 e. The van der Waals surface area contributed by atoms with Crippen molar-refractivity contribution in [3.63, 3.8) is 0 Å². The highest BCUT2D eigenvalue weighted by Gasteiger charge is 2.39. The molecule has 1 aromatic heterocycles. The van der Waals surface area contributed by atoms with Crippen LogP contribution in [-0.4, -0.2) is 48.4 Å². The molecule has 104 valence electrons. The van der Waals surface area contributed by atoms with Gasteiger partial charge in [-0.15, -0.1) is 0 Å². The molecule has 0 N–H and O–H groups in total. The van der Waals surface area contributed by atoms with Gasteiger partial charge in [0.05, 0.1) is 24.5 Å². The van der Waals surface area contributed by atoms with Crippen LogP contribution in [0.2, 0.25) is 0 Å². The van der Waals surface area contributed by atoms with Gasteiger partial charge in [0.15, 0.2) is 0 Å². The van der Waals surface area contributed by atoms with E-state index >= 15 is 0 Å². The number of nitrogens with zero attached hydrogens (tertiary/aromatic N) is 2. The van der Waals surface area contributed by atoms with Crippen LogP contribution in [0.25, 0.3) is 0 Å². The third kappa shape index (κ3) is 2.96. The van der Waals surface area contributed by atoms with Gasteiger partial charge >= 0.3 is 0 Å². The summed E-state index contributed by atoms with van der Waals surface area (Å²) in [6.45, 7) is 2.79. The first-order valence-corrected chi connectivity index (χ1v) is 7.15. The summed E-state index contributed by atoms with van der Waals surface area (Å²) in [5, 5.41) is 0. The average Bonchev–Trinajstić information content (AvgIpc) is 2.83. The van der Waals surface area contributed by atoms with Crippen LogP contribution < -0.4 is 0 Å². The second-order valence-corrected chi connectivity index (χ2v) is 5.48. The lowest BCUT2D eigenvalue weighted by Crippen LogP contribution is -2.43. The molecule has 2 aliphatic rings. The van der Waals surface area contributed by atoms with Crippen molar-refractivity contribution in [3.05, 3.63) is 30.1 Å². The molecule has 3 atom stereocenters. The number of likely N-dealkylation sites (tertiary alicyclic amines) is 1. The molecule has 0 unspecified atom stereocenters. The van der Waals surface area contributed by atoms with Crippen LogP contribution in [0.3, 0.4) is 0 Å². The molecule has 2 aliphatic heterocycles. The van der Waals surface area contributed by atoms with Crippen LogP contribution in [0.4, 0.5) is 0 Å². The zero-order chi connectivity index (χ0) is 13.1. The van der Waals surface area contributed by atoms with E-state index in [9.17, 15) is 0 Å². The highest BCUT2D eigenvalue weighted by Crippen LogP contribution is 2.32. The fourth-order valence-electron chi connectivity index (χ4n) is 3.29. The molecule has 4 nitrogen and oxygen atoms in total. The number of rotatable bonds is 4. The molecule has 3 rings (SSSR count). The number of hydrogen-bond acceptors (Lipinski definition) is 4.